The Kier molecular flexibility index (Phi) is 4.39. The van der Waals surface area contributed by atoms with Crippen LogP contribution in [-0.4, -0.2) is 41.3 Å². The first-order valence-electron chi connectivity index (χ1n) is 9.71. The van der Waals surface area contributed by atoms with Crippen LogP contribution >= 0.6 is 0 Å². The quantitative estimate of drug-likeness (QED) is 0.709. The predicted octanol–water partition coefficient (Wildman–Crippen LogP) is 2.84. The van der Waals surface area contributed by atoms with E-state index in [1.54, 1.807) is 59.6 Å². The lowest BCUT2D eigenvalue weighted by molar-refractivity contribution is -0.117. The highest BCUT2D eigenvalue weighted by Crippen LogP contribution is 2.44. The monoisotopic (exact) mass is 414 g/mol. The van der Waals surface area contributed by atoms with Crippen molar-refractivity contribution in [2.24, 2.45) is 0 Å². The molecule has 2 aliphatic heterocycles. The van der Waals surface area contributed by atoms with Gasteiger partial charge in [-0.05, 0) is 30.3 Å². The number of carbonyl (C=O) groups is 3. The van der Waals surface area contributed by atoms with E-state index >= 15 is 0 Å². The van der Waals surface area contributed by atoms with E-state index in [-0.39, 0.29) is 24.2 Å². The van der Waals surface area contributed by atoms with Crippen molar-refractivity contribution < 1.29 is 19.1 Å². The number of pyridine rings is 1. The Hall–Kier alpha value is -4.20. The summed E-state index contributed by atoms with van der Waals surface area (Å²) in [6, 6.07) is 17.4. The van der Waals surface area contributed by atoms with Crippen molar-refractivity contribution in [2.45, 2.75) is 6.17 Å². The number of benzene rings is 2. The van der Waals surface area contributed by atoms with Crippen LogP contribution < -0.4 is 15.0 Å². The van der Waals surface area contributed by atoms with Gasteiger partial charge in [0.05, 0.1) is 18.4 Å². The standard InChI is InChI=1S/C23H18N4O4/c1-31-20-17(10-6-12-24-20)25-19(28)13-26-21-14-7-2-3-8-15(14)23(30)27(21)18-11-5-4-9-16(18)22(26)29/h2-12,21H,13H2,1H3,(H,25,28). The number of para-hydroxylation sites is 1. The Labute approximate surface area is 178 Å². The number of hydrogen-bond acceptors (Lipinski definition) is 5. The Morgan fingerprint density at radius 2 is 1.74 bits per heavy atom. The van der Waals surface area contributed by atoms with Crippen molar-refractivity contribution >= 4 is 29.1 Å². The number of nitrogens with zero attached hydrogens (tertiary/aromatic N) is 3. The van der Waals surface area contributed by atoms with E-state index < -0.39 is 12.1 Å². The van der Waals surface area contributed by atoms with Crippen LogP contribution in [0.2, 0.25) is 0 Å². The highest BCUT2D eigenvalue weighted by atomic mass is 16.5. The second-order valence-electron chi connectivity index (χ2n) is 7.19. The van der Waals surface area contributed by atoms with Gasteiger partial charge in [0.25, 0.3) is 11.8 Å². The van der Waals surface area contributed by atoms with Gasteiger partial charge in [0.2, 0.25) is 11.8 Å². The molecule has 0 fully saturated rings. The first-order valence-corrected chi connectivity index (χ1v) is 9.71. The molecule has 3 heterocycles. The number of carbonyl (C=O) groups excluding carboxylic acids is 3. The molecule has 3 amide bonds. The summed E-state index contributed by atoms with van der Waals surface area (Å²) in [6.07, 6.45) is 0.867. The van der Waals surface area contributed by atoms with Crippen LogP contribution in [0.1, 0.15) is 32.4 Å². The summed E-state index contributed by atoms with van der Waals surface area (Å²) < 4.78 is 5.17. The first kappa shape index (κ1) is 18.8. The van der Waals surface area contributed by atoms with Gasteiger partial charge in [-0.1, -0.05) is 30.3 Å². The van der Waals surface area contributed by atoms with E-state index in [4.69, 9.17) is 4.74 Å². The van der Waals surface area contributed by atoms with Crippen molar-refractivity contribution in [3.63, 3.8) is 0 Å². The molecule has 5 rings (SSSR count). The topological polar surface area (TPSA) is 91.8 Å². The van der Waals surface area contributed by atoms with E-state index in [9.17, 15) is 14.4 Å². The zero-order chi connectivity index (χ0) is 21.5. The third kappa shape index (κ3) is 2.92. The lowest BCUT2D eigenvalue weighted by Gasteiger charge is -2.40. The fourth-order valence-corrected chi connectivity index (χ4v) is 4.13. The number of rotatable bonds is 4. The Morgan fingerprint density at radius 1 is 1.00 bits per heavy atom. The second kappa shape index (κ2) is 7.24. The normalized spacial score (nSPS) is 16.5. The van der Waals surface area contributed by atoms with Crippen LogP contribution in [0.15, 0.2) is 66.9 Å². The molecule has 0 aliphatic carbocycles. The van der Waals surface area contributed by atoms with Gasteiger partial charge in [0.15, 0.2) is 0 Å². The maximum absolute atomic E-state index is 13.4. The lowest BCUT2D eigenvalue weighted by atomic mass is 10.0. The molecule has 8 nitrogen and oxygen atoms in total. The van der Waals surface area contributed by atoms with Crippen LogP contribution in [0.4, 0.5) is 11.4 Å². The minimum absolute atomic E-state index is 0.195. The number of hydrogen-bond donors (Lipinski definition) is 1. The van der Waals surface area contributed by atoms with Crippen LogP contribution in [-0.2, 0) is 4.79 Å². The Balaban J connectivity index is 1.53. The second-order valence-corrected chi connectivity index (χ2v) is 7.19. The molecule has 0 radical (unpaired) electrons. The number of aromatic nitrogens is 1. The molecule has 3 aromatic rings. The Bertz CT molecular complexity index is 1230. The summed E-state index contributed by atoms with van der Waals surface area (Å²) in [5, 5.41) is 2.74. The van der Waals surface area contributed by atoms with Gasteiger partial charge in [0, 0.05) is 17.3 Å². The molecular formula is C23H18N4O4. The smallest absolute Gasteiger partial charge is 0.260 e. The maximum Gasteiger partial charge on any atom is 0.260 e. The number of ether oxygens (including phenoxy) is 1. The molecule has 2 aliphatic rings. The van der Waals surface area contributed by atoms with Crippen molar-refractivity contribution in [3.05, 3.63) is 83.6 Å². The zero-order valence-corrected chi connectivity index (χ0v) is 16.6. The molecule has 8 heteroatoms. The minimum Gasteiger partial charge on any atom is -0.480 e. The number of anilines is 2. The molecule has 0 bridgehead atoms. The van der Waals surface area contributed by atoms with Crippen molar-refractivity contribution in [1.29, 1.82) is 0 Å². The molecule has 1 N–H and O–H groups in total. The van der Waals surface area contributed by atoms with E-state index in [1.807, 2.05) is 12.1 Å². The highest BCUT2D eigenvalue weighted by Gasteiger charge is 2.48. The van der Waals surface area contributed by atoms with Crippen molar-refractivity contribution in [2.75, 3.05) is 23.9 Å². The van der Waals surface area contributed by atoms with Crippen molar-refractivity contribution in [3.8, 4) is 5.88 Å². The number of fused-ring (bicyclic) bond motifs is 5. The first-order chi connectivity index (χ1) is 15.1. The predicted molar refractivity (Wildman–Crippen MR) is 113 cm³/mol. The fraction of sp³-hybridized carbons (Fsp3) is 0.130. The average molecular weight is 414 g/mol. The molecule has 0 spiro atoms. The van der Waals surface area contributed by atoms with Gasteiger partial charge in [-0.15, -0.1) is 0 Å². The van der Waals surface area contributed by atoms with Gasteiger partial charge in [-0.3, -0.25) is 19.3 Å². The molecule has 0 saturated heterocycles. The number of amides is 3. The van der Waals surface area contributed by atoms with Crippen LogP contribution in [0.5, 0.6) is 5.88 Å². The number of methoxy groups -OCH3 is 1. The minimum atomic E-state index is -0.687. The fourth-order valence-electron chi connectivity index (χ4n) is 4.13. The summed E-state index contributed by atoms with van der Waals surface area (Å²) in [5.74, 6) is -0.653. The molecule has 2 aromatic carbocycles. The summed E-state index contributed by atoms with van der Waals surface area (Å²) in [4.78, 5) is 46.5. The molecule has 1 unspecified atom stereocenters. The van der Waals surface area contributed by atoms with Gasteiger partial charge in [0.1, 0.15) is 18.4 Å². The summed E-state index contributed by atoms with van der Waals surface area (Å²) in [5.41, 5.74) is 2.55. The van der Waals surface area contributed by atoms with Crippen molar-refractivity contribution in [1.82, 2.24) is 9.88 Å². The lowest BCUT2D eigenvalue weighted by Crippen LogP contribution is -2.50. The van der Waals surface area contributed by atoms with E-state index in [0.29, 0.717) is 28.1 Å². The van der Waals surface area contributed by atoms with E-state index in [0.717, 1.165) is 0 Å². The largest absolute Gasteiger partial charge is 0.480 e. The summed E-state index contributed by atoms with van der Waals surface area (Å²) >= 11 is 0. The van der Waals surface area contributed by atoms with E-state index in [2.05, 4.69) is 10.3 Å². The molecule has 1 aromatic heterocycles. The van der Waals surface area contributed by atoms with Crippen LogP contribution in [0, 0.1) is 0 Å². The Morgan fingerprint density at radius 3 is 2.55 bits per heavy atom. The van der Waals surface area contributed by atoms with Gasteiger partial charge in [-0.2, -0.15) is 0 Å². The molecule has 1 atom stereocenters. The molecule has 154 valence electrons. The maximum atomic E-state index is 13.4. The molecular weight excluding hydrogens is 396 g/mol. The van der Waals surface area contributed by atoms with Crippen LogP contribution in [0.3, 0.4) is 0 Å². The van der Waals surface area contributed by atoms with Gasteiger partial charge >= 0.3 is 0 Å². The summed E-state index contributed by atoms with van der Waals surface area (Å²) in [7, 11) is 1.46. The van der Waals surface area contributed by atoms with Gasteiger partial charge in [-0.25, -0.2) is 4.98 Å². The highest BCUT2D eigenvalue weighted by molar-refractivity contribution is 6.17. The number of nitrogens with one attached hydrogen (secondary N) is 1. The van der Waals surface area contributed by atoms with Crippen LogP contribution in [0.25, 0.3) is 0 Å². The summed E-state index contributed by atoms with van der Waals surface area (Å²) in [6.45, 7) is -0.242. The van der Waals surface area contributed by atoms with Gasteiger partial charge < -0.3 is 15.0 Å². The SMILES string of the molecule is COc1ncccc1NC(=O)CN1C(=O)c2ccccc2N2C(=O)c3ccccc3C12. The molecule has 0 saturated carbocycles. The zero-order valence-electron chi connectivity index (χ0n) is 16.6. The third-order valence-corrected chi connectivity index (χ3v) is 5.44. The molecule has 31 heavy (non-hydrogen) atoms. The average Bonchev–Trinajstić information content (AvgIpc) is 3.10. The van der Waals surface area contributed by atoms with E-state index in [1.165, 1.54) is 12.0 Å². The third-order valence-electron chi connectivity index (χ3n) is 5.44.